The molecule has 0 spiro atoms. The van der Waals surface area contributed by atoms with Gasteiger partial charge in [-0.25, -0.2) is 0 Å². The van der Waals surface area contributed by atoms with E-state index in [4.69, 9.17) is 4.74 Å². The molecule has 1 aromatic heterocycles. The monoisotopic (exact) mass is 351 g/mol. The summed E-state index contributed by atoms with van der Waals surface area (Å²) in [7, 11) is 3.84. The van der Waals surface area contributed by atoms with E-state index >= 15 is 0 Å². The van der Waals surface area contributed by atoms with Crippen LogP contribution in [0.25, 0.3) is 10.9 Å². The third kappa shape index (κ3) is 2.71. The molecule has 114 valence electrons. The van der Waals surface area contributed by atoms with Crippen molar-refractivity contribution in [1.29, 1.82) is 0 Å². The zero-order chi connectivity index (χ0) is 15.0. The van der Waals surface area contributed by atoms with E-state index in [1.165, 1.54) is 29.4 Å². The third-order valence-corrected chi connectivity index (χ3v) is 5.50. The van der Waals surface area contributed by atoms with Gasteiger partial charge in [0.2, 0.25) is 0 Å². The number of aryl methyl sites for hydroxylation is 1. The van der Waals surface area contributed by atoms with Crippen LogP contribution in [0.4, 0.5) is 0 Å². The summed E-state index contributed by atoms with van der Waals surface area (Å²) in [6, 6.07) is 6.54. The summed E-state index contributed by atoms with van der Waals surface area (Å²) in [5, 5.41) is 10.5. The number of benzene rings is 1. The maximum atomic E-state index is 9.28. The van der Waals surface area contributed by atoms with Gasteiger partial charge >= 0.3 is 0 Å². The number of halogens is 1. The van der Waals surface area contributed by atoms with Gasteiger partial charge in [-0.15, -0.1) is 0 Å². The predicted molar refractivity (Wildman–Crippen MR) is 89.0 cm³/mol. The Labute approximate surface area is 134 Å². The molecule has 0 bridgehead atoms. The van der Waals surface area contributed by atoms with Crippen LogP contribution in [-0.2, 0) is 7.05 Å². The molecule has 1 aliphatic carbocycles. The molecule has 3 nitrogen and oxygen atoms in total. The number of aliphatic hydroxyl groups is 1. The molecule has 2 aromatic rings. The lowest BCUT2D eigenvalue weighted by atomic mass is 9.81. The van der Waals surface area contributed by atoms with Crippen LogP contribution in [-0.4, -0.2) is 23.4 Å². The van der Waals surface area contributed by atoms with Crippen LogP contribution >= 0.6 is 15.9 Å². The van der Waals surface area contributed by atoms with Crippen molar-refractivity contribution in [1.82, 2.24) is 4.57 Å². The minimum absolute atomic E-state index is 0.339. The highest BCUT2D eigenvalue weighted by atomic mass is 79.9. The minimum atomic E-state index is 0.339. The topological polar surface area (TPSA) is 34.4 Å². The first-order valence-corrected chi connectivity index (χ1v) is 8.37. The molecule has 21 heavy (non-hydrogen) atoms. The van der Waals surface area contributed by atoms with E-state index in [0.29, 0.717) is 18.4 Å². The van der Waals surface area contributed by atoms with E-state index < -0.39 is 0 Å². The molecular weight excluding hydrogens is 330 g/mol. The average molecular weight is 352 g/mol. The highest BCUT2D eigenvalue weighted by Crippen LogP contribution is 2.39. The second kappa shape index (κ2) is 6.01. The summed E-state index contributed by atoms with van der Waals surface area (Å²) >= 11 is 3.56. The molecule has 1 aromatic carbocycles. The molecule has 1 heterocycles. The van der Waals surface area contributed by atoms with E-state index in [2.05, 4.69) is 45.7 Å². The van der Waals surface area contributed by atoms with Gasteiger partial charge in [0.15, 0.2) is 0 Å². The van der Waals surface area contributed by atoms with Crippen molar-refractivity contribution in [3.63, 3.8) is 0 Å². The van der Waals surface area contributed by atoms with Gasteiger partial charge in [-0.1, -0.05) is 0 Å². The molecule has 1 fully saturated rings. The first-order valence-electron chi connectivity index (χ1n) is 7.57. The SMILES string of the molecule is COc1cc2c(cc1Br)cc([C@H]1CC[C@H](CO)CC1)n2C. The molecule has 0 amide bonds. The predicted octanol–water partition coefficient (Wildman–Crippen LogP) is 4.22. The minimum Gasteiger partial charge on any atom is -0.495 e. The van der Waals surface area contributed by atoms with Crippen molar-refractivity contribution in [2.24, 2.45) is 13.0 Å². The molecule has 4 heteroatoms. The van der Waals surface area contributed by atoms with E-state index in [9.17, 15) is 5.11 Å². The van der Waals surface area contributed by atoms with Crippen LogP contribution in [0.2, 0.25) is 0 Å². The number of hydrogen-bond donors (Lipinski definition) is 1. The van der Waals surface area contributed by atoms with E-state index in [0.717, 1.165) is 23.1 Å². The Hall–Kier alpha value is -1.00. The Balaban J connectivity index is 1.95. The highest BCUT2D eigenvalue weighted by molar-refractivity contribution is 9.10. The van der Waals surface area contributed by atoms with Gasteiger partial charge in [-0.05, 0) is 65.6 Å². The van der Waals surface area contributed by atoms with E-state index in [1.54, 1.807) is 7.11 Å². The van der Waals surface area contributed by atoms with Gasteiger partial charge in [0.1, 0.15) is 5.75 Å². The zero-order valence-corrected chi connectivity index (χ0v) is 14.2. The van der Waals surface area contributed by atoms with Crippen molar-refractivity contribution in [3.05, 3.63) is 28.4 Å². The van der Waals surface area contributed by atoms with Crippen molar-refractivity contribution < 1.29 is 9.84 Å². The van der Waals surface area contributed by atoms with Crippen molar-refractivity contribution in [2.75, 3.05) is 13.7 Å². The Kier molecular flexibility index (Phi) is 4.27. The molecule has 0 saturated heterocycles. The number of aliphatic hydroxyl groups excluding tert-OH is 1. The number of hydrogen-bond acceptors (Lipinski definition) is 2. The number of ether oxygens (including phenoxy) is 1. The molecule has 0 aliphatic heterocycles. The Bertz CT molecular complexity index is 642. The second-order valence-corrected chi connectivity index (χ2v) is 6.93. The van der Waals surface area contributed by atoms with Crippen LogP contribution in [0.5, 0.6) is 5.75 Å². The summed E-state index contributed by atoms with van der Waals surface area (Å²) in [5.41, 5.74) is 2.62. The number of nitrogens with zero attached hydrogens (tertiary/aromatic N) is 1. The van der Waals surface area contributed by atoms with Crippen molar-refractivity contribution in [3.8, 4) is 5.75 Å². The van der Waals surface area contributed by atoms with Crippen LogP contribution in [0.3, 0.4) is 0 Å². The highest BCUT2D eigenvalue weighted by Gasteiger charge is 2.24. The lowest BCUT2D eigenvalue weighted by molar-refractivity contribution is 0.181. The number of fused-ring (bicyclic) bond motifs is 1. The molecule has 1 aliphatic rings. The zero-order valence-electron chi connectivity index (χ0n) is 12.6. The van der Waals surface area contributed by atoms with Gasteiger partial charge < -0.3 is 14.4 Å². The molecule has 3 rings (SSSR count). The standard InChI is InChI=1S/C17H22BrNO2/c1-19-15(12-5-3-11(10-20)4-6-12)8-13-7-14(18)17(21-2)9-16(13)19/h7-9,11-12,20H,3-6,10H2,1-2H3/t11-,12-. The molecule has 0 unspecified atom stereocenters. The van der Waals surface area contributed by atoms with Crippen molar-refractivity contribution >= 4 is 26.8 Å². The number of aromatic nitrogens is 1. The second-order valence-electron chi connectivity index (χ2n) is 6.07. The lowest BCUT2D eigenvalue weighted by Crippen LogP contribution is -2.17. The smallest absolute Gasteiger partial charge is 0.135 e. The van der Waals surface area contributed by atoms with Crippen LogP contribution in [0.15, 0.2) is 22.7 Å². The van der Waals surface area contributed by atoms with Gasteiger partial charge in [-0.3, -0.25) is 0 Å². The molecule has 1 N–H and O–H groups in total. The quantitative estimate of drug-likeness (QED) is 0.898. The fraction of sp³-hybridized carbons (Fsp3) is 0.529. The Morgan fingerprint density at radius 1 is 1.24 bits per heavy atom. The fourth-order valence-corrected chi connectivity index (χ4v) is 4.07. The summed E-state index contributed by atoms with van der Waals surface area (Å²) in [6.07, 6.45) is 4.62. The van der Waals surface area contributed by atoms with Crippen LogP contribution in [0.1, 0.15) is 37.3 Å². The maximum absolute atomic E-state index is 9.28. The van der Waals surface area contributed by atoms with Crippen LogP contribution in [0, 0.1) is 5.92 Å². The van der Waals surface area contributed by atoms with Gasteiger partial charge in [0, 0.05) is 30.8 Å². The van der Waals surface area contributed by atoms with Crippen LogP contribution < -0.4 is 4.74 Å². The molecular formula is C17H22BrNO2. The molecule has 1 saturated carbocycles. The summed E-state index contributed by atoms with van der Waals surface area (Å²) < 4.78 is 8.70. The largest absolute Gasteiger partial charge is 0.495 e. The Morgan fingerprint density at radius 2 is 1.95 bits per heavy atom. The third-order valence-electron chi connectivity index (χ3n) is 4.88. The van der Waals surface area contributed by atoms with Gasteiger partial charge in [0.25, 0.3) is 0 Å². The maximum Gasteiger partial charge on any atom is 0.135 e. The number of rotatable bonds is 3. The molecule has 0 radical (unpaired) electrons. The van der Waals surface area contributed by atoms with E-state index in [-0.39, 0.29) is 0 Å². The molecule has 0 atom stereocenters. The summed E-state index contributed by atoms with van der Waals surface area (Å²) in [5.74, 6) is 1.99. The number of methoxy groups -OCH3 is 1. The summed E-state index contributed by atoms with van der Waals surface area (Å²) in [4.78, 5) is 0. The van der Waals surface area contributed by atoms with Crippen molar-refractivity contribution in [2.45, 2.75) is 31.6 Å². The van der Waals surface area contributed by atoms with Gasteiger partial charge in [-0.2, -0.15) is 0 Å². The summed E-state index contributed by atoms with van der Waals surface area (Å²) in [6.45, 7) is 0.339. The first kappa shape index (κ1) is 14.9. The van der Waals surface area contributed by atoms with E-state index in [1.807, 2.05) is 0 Å². The lowest BCUT2D eigenvalue weighted by Gasteiger charge is -2.27. The Morgan fingerprint density at radius 3 is 2.57 bits per heavy atom. The first-order chi connectivity index (χ1) is 10.1. The average Bonchev–Trinajstić information content (AvgIpc) is 2.82. The fourth-order valence-electron chi connectivity index (χ4n) is 3.55. The van der Waals surface area contributed by atoms with Gasteiger partial charge in [0.05, 0.1) is 17.1 Å². The normalized spacial score (nSPS) is 22.7.